The van der Waals surface area contributed by atoms with Crippen LogP contribution >= 0.6 is 0 Å². The Morgan fingerprint density at radius 1 is 0.864 bits per heavy atom. The van der Waals surface area contributed by atoms with E-state index < -0.39 is 0 Å². The maximum atomic E-state index is 5.90. The summed E-state index contributed by atoms with van der Waals surface area (Å²) < 4.78 is 11.0. The summed E-state index contributed by atoms with van der Waals surface area (Å²) in [5.74, 6) is 1.78. The standard InChI is InChI=1S/C19H19NO2/c1-21-17-11-9-16(10-12-17)20-13-14-22-19-8-4-6-15-5-2-3-7-18(15)19/h2-12,20H,13-14H2,1H3. The Morgan fingerprint density at radius 3 is 2.45 bits per heavy atom. The molecule has 1 N–H and O–H groups in total. The van der Waals surface area contributed by atoms with E-state index in [0.717, 1.165) is 29.1 Å². The van der Waals surface area contributed by atoms with Gasteiger partial charge in [-0.15, -0.1) is 0 Å². The van der Waals surface area contributed by atoms with Crippen LogP contribution in [0, 0.1) is 0 Å². The van der Waals surface area contributed by atoms with Gasteiger partial charge in [-0.1, -0.05) is 36.4 Å². The van der Waals surface area contributed by atoms with Crippen LogP contribution in [0.1, 0.15) is 0 Å². The van der Waals surface area contributed by atoms with Gasteiger partial charge in [-0.05, 0) is 35.7 Å². The Balaban J connectivity index is 1.56. The summed E-state index contributed by atoms with van der Waals surface area (Å²) in [6.45, 7) is 1.36. The van der Waals surface area contributed by atoms with Crippen LogP contribution in [0.15, 0.2) is 66.7 Å². The number of methoxy groups -OCH3 is 1. The monoisotopic (exact) mass is 293 g/mol. The maximum Gasteiger partial charge on any atom is 0.127 e. The fourth-order valence-corrected chi connectivity index (χ4v) is 2.39. The van der Waals surface area contributed by atoms with Crippen LogP contribution in [0.25, 0.3) is 10.8 Å². The molecule has 0 saturated carbocycles. The molecule has 0 amide bonds. The van der Waals surface area contributed by atoms with Crippen molar-refractivity contribution in [2.45, 2.75) is 0 Å². The van der Waals surface area contributed by atoms with Crippen molar-refractivity contribution in [3.05, 3.63) is 66.7 Å². The second kappa shape index (κ2) is 6.85. The first-order valence-electron chi connectivity index (χ1n) is 7.35. The molecule has 0 aliphatic heterocycles. The van der Waals surface area contributed by atoms with Crippen molar-refractivity contribution in [3.8, 4) is 11.5 Å². The average molecular weight is 293 g/mol. The Hall–Kier alpha value is -2.68. The molecule has 112 valence electrons. The molecule has 0 spiro atoms. The van der Waals surface area contributed by atoms with Crippen LogP contribution < -0.4 is 14.8 Å². The summed E-state index contributed by atoms with van der Waals surface area (Å²) in [5, 5.41) is 5.68. The summed E-state index contributed by atoms with van der Waals surface area (Å²) in [7, 11) is 1.67. The Morgan fingerprint density at radius 2 is 1.64 bits per heavy atom. The van der Waals surface area contributed by atoms with Crippen LogP contribution in [0.4, 0.5) is 5.69 Å². The zero-order valence-corrected chi connectivity index (χ0v) is 12.6. The smallest absolute Gasteiger partial charge is 0.127 e. The third-order valence-electron chi connectivity index (χ3n) is 3.53. The Labute approximate surface area is 130 Å². The van der Waals surface area contributed by atoms with Crippen LogP contribution in [-0.2, 0) is 0 Å². The minimum atomic E-state index is 0.611. The Bertz CT molecular complexity index is 733. The van der Waals surface area contributed by atoms with Gasteiger partial charge in [0.25, 0.3) is 0 Å². The predicted molar refractivity (Wildman–Crippen MR) is 90.9 cm³/mol. The third kappa shape index (κ3) is 3.31. The largest absolute Gasteiger partial charge is 0.497 e. The lowest BCUT2D eigenvalue weighted by atomic mass is 10.1. The van der Waals surface area contributed by atoms with Crippen LogP contribution in [0.2, 0.25) is 0 Å². The molecule has 0 atom stereocenters. The van der Waals surface area contributed by atoms with E-state index in [0.29, 0.717) is 6.61 Å². The van der Waals surface area contributed by atoms with Gasteiger partial charge < -0.3 is 14.8 Å². The fourth-order valence-electron chi connectivity index (χ4n) is 2.39. The molecule has 0 aliphatic rings. The zero-order valence-electron chi connectivity index (χ0n) is 12.6. The van der Waals surface area contributed by atoms with Gasteiger partial charge in [0.15, 0.2) is 0 Å². The van der Waals surface area contributed by atoms with Crippen molar-refractivity contribution in [3.63, 3.8) is 0 Å². The van der Waals surface area contributed by atoms with Gasteiger partial charge in [-0.2, -0.15) is 0 Å². The molecule has 3 aromatic rings. The van der Waals surface area contributed by atoms with Crippen molar-refractivity contribution >= 4 is 16.5 Å². The van der Waals surface area contributed by atoms with Crippen LogP contribution in [0.3, 0.4) is 0 Å². The number of benzene rings is 3. The van der Waals surface area contributed by atoms with E-state index in [9.17, 15) is 0 Å². The van der Waals surface area contributed by atoms with Gasteiger partial charge in [0.05, 0.1) is 7.11 Å². The molecule has 0 radical (unpaired) electrons. The van der Waals surface area contributed by atoms with Crippen LogP contribution in [-0.4, -0.2) is 20.3 Å². The highest BCUT2D eigenvalue weighted by atomic mass is 16.5. The number of hydrogen-bond donors (Lipinski definition) is 1. The average Bonchev–Trinajstić information content (AvgIpc) is 2.59. The van der Waals surface area contributed by atoms with Gasteiger partial charge in [0, 0.05) is 17.6 Å². The second-order valence-electron chi connectivity index (χ2n) is 4.98. The first-order chi connectivity index (χ1) is 10.9. The number of fused-ring (bicyclic) bond motifs is 1. The molecular weight excluding hydrogens is 274 g/mol. The van der Waals surface area contributed by atoms with Crippen molar-refractivity contribution in [2.24, 2.45) is 0 Å². The van der Waals surface area contributed by atoms with Crippen molar-refractivity contribution in [1.82, 2.24) is 0 Å². The van der Waals surface area contributed by atoms with Gasteiger partial charge in [0.1, 0.15) is 18.1 Å². The van der Waals surface area contributed by atoms with Crippen molar-refractivity contribution in [2.75, 3.05) is 25.6 Å². The molecule has 3 rings (SSSR count). The Kier molecular flexibility index (Phi) is 4.44. The first-order valence-corrected chi connectivity index (χ1v) is 7.35. The molecule has 3 aromatic carbocycles. The summed E-state index contributed by atoms with van der Waals surface area (Å²) in [4.78, 5) is 0. The lowest BCUT2D eigenvalue weighted by Gasteiger charge is -2.11. The molecule has 0 aliphatic carbocycles. The summed E-state index contributed by atoms with van der Waals surface area (Å²) >= 11 is 0. The topological polar surface area (TPSA) is 30.5 Å². The minimum Gasteiger partial charge on any atom is -0.497 e. The molecule has 0 aromatic heterocycles. The van der Waals surface area contributed by atoms with Crippen molar-refractivity contribution in [1.29, 1.82) is 0 Å². The third-order valence-corrected chi connectivity index (χ3v) is 3.53. The lowest BCUT2D eigenvalue weighted by Crippen LogP contribution is -2.11. The van der Waals surface area contributed by atoms with E-state index in [1.165, 1.54) is 5.39 Å². The van der Waals surface area contributed by atoms with Crippen LogP contribution in [0.5, 0.6) is 11.5 Å². The molecule has 0 unspecified atom stereocenters. The molecular formula is C19H19NO2. The van der Waals surface area contributed by atoms with E-state index in [2.05, 4.69) is 23.5 Å². The number of nitrogens with one attached hydrogen (secondary N) is 1. The highest BCUT2D eigenvalue weighted by molar-refractivity contribution is 5.88. The summed E-state index contributed by atoms with van der Waals surface area (Å²) in [5.41, 5.74) is 1.06. The molecule has 0 saturated heterocycles. The molecule has 0 heterocycles. The van der Waals surface area contributed by atoms with Gasteiger partial charge >= 0.3 is 0 Å². The highest BCUT2D eigenvalue weighted by Crippen LogP contribution is 2.25. The molecule has 0 bridgehead atoms. The minimum absolute atomic E-state index is 0.611. The fraction of sp³-hybridized carbons (Fsp3) is 0.158. The number of ether oxygens (including phenoxy) is 2. The van der Waals surface area contributed by atoms with Gasteiger partial charge in [-0.3, -0.25) is 0 Å². The van der Waals surface area contributed by atoms with E-state index in [1.54, 1.807) is 7.11 Å². The van der Waals surface area contributed by atoms with Crippen molar-refractivity contribution < 1.29 is 9.47 Å². The van der Waals surface area contributed by atoms with Gasteiger partial charge in [0.2, 0.25) is 0 Å². The summed E-state index contributed by atoms with van der Waals surface area (Å²) in [6.07, 6.45) is 0. The van der Waals surface area contributed by atoms with E-state index in [1.807, 2.05) is 48.5 Å². The number of hydrogen-bond acceptors (Lipinski definition) is 3. The number of anilines is 1. The van der Waals surface area contributed by atoms with Gasteiger partial charge in [-0.25, -0.2) is 0 Å². The zero-order chi connectivity index (χ0) is 15.2. The molecule has 0 fully saturated rings. The molecule has 22 heavy (non-hydrogen) atoms. The van der Waals surface area contributed by atoms with E-state index >= 15 is 0 Å². The van der Waals surface area contributed by atoms with E-state index in [-0.39, 0.29) is 0 Å². The molecule has 3 heteroatoms. The highest BCUT2D eigenvalue weighted by Gasteiger charge is 2.00. The lowest BCUT2D eigenvalue weighted by molar-refractivity contribution is 0.337. The summed E-state index contributed by atoms with van der Waals surface area (Å²) in [6, 6.07) is 22.2. The predicted octanol–water partition coefficient (Wildman–Crippen LogP) is 4.34. The normalized spacial score (nSPS) is 10.4. The number of rotatable bonds is 6. The SMILES string of the molecule is COc1ccc(NCCOc2cccc3ccccc23)cc1. The van der Waals surface area contributed by atoms with E-state index in [4.69, 9.17) is 9.47 Å². The maximum absolute atomic E-state index is 5.90. The first kappa shape index (κ1) is 14.3. The molecule has 3 nitrogen and oxygen atoms in total. The second-order valence-corrected chi connectivity index (χ2v) is 4.98. The quantitative estimate of drug-likeness (QED) is 0.686.